The third-order valence-corrected chi connectivity index (χ3v) is 3.62. The van der Waals surface area contributed by atoms with E-state index in [1.165, 1.54) is 0 Å². The number of hydrogen-bond donors (Lipinski definition) is 1. The molecule has 1 amide bonds. The van der Waals surface area contributed by atoms with Crippen molar-refractivity contribution in [2.75, 3.05) is 17.3 Å². The van der Waals surface area contributed by atoms with Crippen LogP contribution >= 0.6 is 15.9 Å². The molecule has 1 rings (SSSR count). The van der Waals surface area contributed by atoms with E-state index in [2.05, 4.69) is 21.2 Å². The van der Waals surface area contributed by atoms with Crippen LogP contribution in [0.5, 0.6) is 0 Å². The number of aromatic nitrogens is 1. The first kappa shape index (κ1) is 20.5. The SMILES string of the molecule is CCOC(=O)c1cc(NC(=O)OC(C)(C)C)cn1CCCCCBr. The van der Waals surface area contributed by atoms with Crippen molar-refractivity contribution in [3.8, 4) is 0 Å². The second kappa shape index (κ2) is 9.71. The van der Waals surface area contributed by atoms with Gasteiger partial charge in [-0.15, -0.1) is 0 Å². The summed E-state index contributed by atoms with van der Waals surface area (Å²) < 4.78 is 12.1. The van der Waals surface area contributed by atoms with Gasteiger partial charge in [0, 0.05) is 18.1 Å². The van der Waals surface area contributed by atoms with Gasteiger partial charge in [0.25, 0.3) is 0 Å². The molecule has 24 heavy (non-hydrogen) atoms. The number of ether oxygens (including phenoxy) is 2. The van der Waals surface area contributed by atoms with E-state index in [1.807, 2.05) is 4.57 Å². The zero-order chi connectivity index (χ0) is 18.2. The van der Waals surface area contributed by atoms with Crippen LogP contribution in [-0.4, -0.2) is 34.2 Å². The Morgan fingerprint density at radius 3 is 2.54 bits per heavy atom. The molecular weight excluding hydrogens is 376 g/mol. The molecule has 1 N–H and O–H groups in total. The van der Waals surface area contributed by atoms with Crippen molar-refractivity contribution in [3.63, 3.8) is 0 Å². The minimum Gasteiger partial charge on any atom is -0.461 e. The van der Waals surface area contributed by atoms with E-state index in [0.717, 1.165) is 24.6 Å². The maximum absolute atomic E-state index is 12.1. The minimum absolute atomic E-state index is 0.308. The fraction of sp³-hybridized carbons (Fsp3) is 0.647. The predicted octanol–water partition coefficient (Wildman–Crippen LogP) is 4.58. The van der Waals surface area contributed by atoms with Crippen molar-refractivity contribution < 1.29 is 19.1 Å². The molecule has 0 aromatic carbocycles. The molecule has 0 spiro atoms. The van der Waals surface area contributed by atoms with Crippen molar-refractivity contribution in [1.82, 2.24) is 4.57 Å². The van der Waals surface area contributed by atoms with Crippen molar-refractivity contribution in [1.29, 1.82) is 0 Å². The Morgan fingerprint density at radius 2 is 1.96 bits per heavy atom. The van der Waals surface area contributed by atoms with Gasteiger partial charge in [-0.2, -0.15) is 0 Å². The fourth-order valence-corrected chi connectivity index (χ4v) is 2.51. The summed E-state index contributed by atoms with van der Waals surface area (Å²) in [5.74, 6) is -0.393. The lowest BCUT2D eigenvalue weighted by Gasteiger charge is -2.19. The number of aryl methyl sites for hydroxylation is 1. The van der Waals surface area contributed by atoms with Gasteiger partial charge in [-0.3, -0.25) is 5.32 Å². The molecule has 1 aromatic heterocycles. The molecule has 1 heterocycles. The van der Waals surface area contributed by atoms with Crippen molar-refractivity contribution in [2.24, 2.45) is 0 Å². The highest BCUT2D eigenvalue weighted by Crippen LogP contribution is 2.18. The number of esters is 1. The van der Waals surface area contributed by atoms with Crippen LogP contribution in [0.25, 0.3) is 0 Å². The molecule has 0 saturated heterocycles. The van der Waals surface area contributed by atoms with E-state index in [9.17, 15) is 9.59 Å². The van der Waals surface area contributed by atoms with Crippen LogP contribution in [0.1, 0.15) is 57.4 Å². The van der Waals surface area contributed by atoms with Gasteiger partial charge in [-0.1, -0.05) is 22.4 Å². The molecule has 0 aliphatic heterocycles. The molecule has 0 fully saturated rings. The standard InChI is InChI=1S/C17H27BrN2O4/c1-5-23-15(21)14-11-13(19-16(22)24-17(2,3)4)12-20(14)10-8-6-7-9-18/h11-12H,5-10H2,1-4H3,(H,19,22). The highest BCUT2D eigenvalue weighted by Gasteiger charge is 2.19. The van der Waals surface area contributed by atoms with Gasteiger partial charge >= 0.3 is 12.1 Å². The van der Waals surface area contributed by atoms with Gasteiger partial charge in [0.05, 0.1) is 12.3 Å². The summed E-state index contributed by atoms with van der Waals surface area (Å²) in [6.45, 7) is 8.16. The number of carbonyl (C=O) groups is 2. The van der Waals surface area contributed by atoms with Crippen molar-refractivity contribution in [2.45, 2.75) is 59.1 Å². The van der Waals surface area contributed by atoms with Gasteiger partial charge in [0.15, 0.2) is 0 Å². The highest BCUT2D eigenvalue weighted by atomic mass is 79.9. The third kappa shape index (κ3) is 7.38. The summed E-state index contributed by atoms with van der Waals surface area (Å²) >= 11 is 3.41. The largest absolute Gasteiger partial charge is 0.461 e. The summed E-state index contributed by atoms with van der Waals surface area (Å²) in [7, 11) is 0. The van der Waals surface area contributed by atoms with E-state index in [4.69, 9.17) is 9.47 Å². The normalized spacial score (nSPS) is 11.2. The Labute approximate surface area is 152 Å². The molecule has 6 nitrogen and oxygen atoms in total. The Morgan fingerprint density at radius 1 is 1.25 bits per heavy atom. The van der Waals surface area contributed by atoms with Crippen LogP contribution in [-0.2, 0) is 16.0 Å². The van der Waals surface area contributed by atoms with Gasteiger partial charge in [-0.05, 0) is 46.6 Å². The van der Waals surface area contributed by atoms with E-state index in [0.29, 0.717) is 24.5 Å². The first-order valence-corrected chi connectivity index (χ1v) is 9.32. The molecule has 0 aliphatic carbocycles. The first-order chi connectivity index (χ1) is 11.3. The van der Waals surface area contributed by atoms with Gasteiger partial charge in [0.2, 0.25) is 0 Å². The van der Waals surface area contributed by atoms with E-state index >= 15 is 0 Å². The smallest absolute Gasteiger partial charge is 0.412 e. The molecule has 0 saturated carbocycles. The van der Waals surface area contributed by atoms with Crippen LogP contribution in [0.15, 0.2) is 12.3 Å². The van der Waals surface area contributed by atoms with E-state index < -0.39 is 17.7 Å². The number of alkyl halides is 1. The number of rotatable bonds is 8. The summed E-state index contributed by atoms with van der Waals surface area (Å²) in [6.07, 6.45) is 4.27. The fourth-order valence-electron chi connectivity index (χ4n) is 2.11. The molecule has 0 bridgehead atoms. The predicted molar refractivity (Wildman–Crippen MR) is 97.9 cm³/mol. The van der Waals surface area contributed by atoms with E-state index in [-0.39, 0.29) is 0 Å². The highest BCUT2D eigenvalue weighted by molar-refractivity contribution is 9.09. The second-order valence-corrected chi connectivity index (χ2v) is 7.20. The van der Waals surface area contributed by atoms with E-state index in [1.54, 1.807) is 40.0 Å². The lowest BCUT2D eigenvalue weighted by atomic mass is 10.2. The number of nitrogens with zero attached hydrogens (tertiary/aromatic N) is 1. The molecule has 0 atom stereocenters. The van der Waals surface area contributed by atoms with Crippen molar-refractivity contribution in [3.05, 3.63) is 18.0 Å². The Kier molecular flexibility index (Phi) is 8.31. The zero-order valence-electron chi connectivity index (χ0n) is 14.9. The molecule has 1 aromatic rings. The van der Waals surface area contributed by atoms with Gasteiger partial charge in [-0.25, -0.2) is 9.59 Å². The Balaban J connectivity index is 2.82. The number of unbranched alkanes of at least 4 members (excludes halogenated alkanes) is 2. The average Bonchev–Trinajstić information content (AvgIpc) is 2.84. The number of amides is 1. The van der Waals surface area contributed by atoms with Crippen LogP contribution in [0.3, 0.4) is 0 Å². The maximum Gasteiger partial charge on any atom is 0.412 e. The van der Waals surface area contributed by atoms with Crippen LogP contribution in [0.4, 0.5) is 10.5 Å². The number of nitrogens with one attached hydrogen (secondary N) is 1. The Hall–Kier alpha value is -1.50. The minimum atomic E-state index is -0.577. The number of anilines is 1. The van der Waals surface area contributed by atoms with Crippen LogP contribution in [0.2, 0.25) is 0 Å². The number of halogens is 1. The lowest BCUT2D eigenvalue weighted by molar-refractivity contribution is 0.0512. The molecule has 0 aliphatic rings. The summed E-state index contributed by atoms with van der Waals surface area (Å²) in [5, 5.41) is 3.63. The van der Waals surface area contributed by atoms with Crippen LogP contribution in [0, 0.1) is 0 Å². The summed E-state index contributed by atoms with van der Waals surface area (Å²) in [4.78, 5) is 24.0. The average molecular weight is 403 g/mol. The van der Waals surface area contributed by atoms with Gasteiger partial charge < -0.3 is 14.0 Å². The molecule has 7 heteroatoms. The number of carbonyl (C=O) groups excluding carboxylic acids is 2. The zero-order valence-corrected chi connectivity index (χ0v) is 16.4. The third-order valence-electron chi connectivity index (χ3n) is 3.06. The molecule has 0 radical (unpaired) electrons. The van der Waals surface area contributed by atoms with Gasteiger partial charge in [0.1, 0.15) is 11.3 Å². The second-order valence-electron chi connectivity index (χ2n) is 6.40. The molecule has 0 unspecified atom stereocenters. The first-order valence-electron chi connectivity index (χ1n) is 8.20. The molecule has 136 valence electrons. The number of hydrogen-bond acceptors (Lipinski definition) is 4. The summed E-state index contributed by atoms with van der Waals surface area (Å²) in [6, 6.07) is 1.62. The maximum atomic E-state index is 12.1. The van der Waals surface area contributed by atoms with Crippen molar-refractivity contribution >= 4 is 33.7 Å². The monoisotopic (exact) mass is 402 g/mol. The lowest BCUT2D eigenvalue weighted by Crippen LogP contribution is -2.27. The summed E-state index contributed by atoms with van der Waals surface area (Å²) in [5.41, 5.74) is 0.376. The quantitative estimate of drug-likeness (QED) is 0.392. The topological polar surface area (TPSA) is 69.6 Å². The Bertz CT molecular complexity index is 549. The molecular formula is C17H27BrN2O4. The van der Waals surface area contributed by atoms with Crippen LogP contribution < -0.4 is 5.32 Å².